The maximum Gasteiger partial charge on any atom is 0.234 e. The molecule has 1 amide bonds. The molecular formula is C21H23ClN4O4S. The number of amides is 1. The van der Waals surface area contributed by atoms with Crippen LogP contribution in [0.15, 0.2) is 47.6 Å². The summed E-state index contributed by atoms with van der Waals surface area (Å²) in [5.74, 6) is 2.48. The molecule has 1 aromatic heterocycles. The summed E-state index contributed by atoms with van der Waals surface area (Å²) in [6, 6.07) is 12.4. The number of carbonyl (C=O) groups excluding carboxylic acids is 1. The van der Waals surface area contributed by atoms with Gasteiger partial charge in [0.1, 0.15) is 17.2 Å². The van der Waals surface area contributed by atoms with Crippen molar-refractivity contribution in [2.24, 2.45) is 7.05 Å². The first-order chi connectivity index (χ1) is 14.9. The molecule has 0 fully saturated rings. The van der Waals surface area contributed by atoms with E-state index in [2.05, 4.69) is 15.5 Å². The molecular weight excluding hydrogens is 440 g/mol. The van der Waals surface area contributed by atoms with Crippen LogP contribution in [-0.2, 0) is 11.8 Å². The highest BCUT2D eigenvalue weighted by Crippen LogP contribution is 2.29. The van der Waals surface area contributed by atoms with Gasteiger partial charge in [-0.1, -0.05) is 29.4 Å². The Morgan fingerprint density at radius 1 is 1.16 bits per heavy atom. The molecule has 10 heteroatoms. The highest BCUT2D eigenvalue weighted by Gasteiger charge is 2.18. The van der Waals surface area contributed by atoms with Crippen molar-refractivity contribution in [3.63, 3.8) is 0 Å². The molecule has 0 saturated carbocycles. The van der Waals surface area contributed by atoms with Crippen molar-refractivity contribution in [1.29, 1.82) is 0 Å². The molecule has 0 bridgehead atoms. The van der Waals surface area contributed by atoms with Gasteiger partial charge in [0.05, 0.1) is 25.7 Å². The summed E-state index contributed by atoms with van der Waals surface area (Å²) in [5, 5.41) is 12.3. The Hall–Kier alpha value is -2.91. The third-order valence-corrected chi connectivity index (χ3v) is 5.61. The van der Waals surface area contributed by atoms with E-state index in [1.807, 2.05) is 36.7 Å². The molecule has 8 nitrogen and oxygen atoms in total. The number of thioether (sulfide) groups is 1. The van der Waals surface area contributed by atoms with Crippen LogP contribution in [0.2, 0.25) is 5.02 Å². The number of rotatable bonds is 9. The number of benzene rings is 2. The first-order valence-electron chi connectivity index (χ1n) is 9.37. The number of methoxy groups -OCH3 is 2. The van der Waals surface area contributed by atoms with E-state index in [1.54, 1.807) is 31.4 Å². The van der Waals surface area contributed by atoms with Crippen LogP contribution in [0, 0.1) is 0 Å². The number of hydrogen-bond acceptors (Lipinski definition) is 7. The minimum absolute atomic E-state index is 0.146. The summed E-state index contributed by atoms with van der Waals surface area (Å²) in [6.07, 6.45) is -0.344. The van der Waals surface area contributed by atoms with Gasteiger partial charge in [0.15, 0.2) is 17.1 Å². The van der Waals surface area contributed by atoms with Crippen LogP contribution in [0.1, 0.15) is 18.9 Å². The van der Waals surface area contributed by atoms with Gasteiger partial charge in [0, 0.05) is 18.1 Å². The van der Waals surface area contributed by atoms with Gasteiger partial charge in [-0.3, -0.25) is 4.79 Å². The minimum atomic E-state index is -0.344. The number of nitrogens with one attached hydrogen (secondary N) is 1. The van der Waals surface area contributed by atoms with E-state index >= 15 is 0 Å². The predicted molar refractivity (Wildman–Crippen MR) is 120 cm³/mol. The minimum Gasteiger partial charge on any atom is -0.497 e. The van der Waals surface area contributed by atoms with E-state index in [9.17, 15) is 4.79 Å². The second-order valence-electron chi connectivity index (χ2n) is 6.52. The lowest BCUT2D eigenvalue weighted by atomic mass is 10.3. The fourth-order valence-corrected chi connectivity index (χ4v) is 3.72. The lowest BCUT2D eigenvalue weighted by Gasteiger charge is -2.15. The smallest absolute Gasteiger partial charge is 0.234 e. The molecule has 3 rings (SSSR count). The predicted octanol–water partition coefficient (Wildman–Crippen LogP) is 4.36. The fourth-order valence-electron chi connectivity index (χ4n) is 2.83. The van der Waals surface area contributed by atoms with Crippen molar-refractivity contribution in [2.75, 3.05) is 25.3 Å². The molecule has 1 unspecified atom stereocenters. The molecule has 31 heavy (non-hydrogen) atoms. The average Bonchev–Trinajstić information content (AvgIpc) is 3.13. The maximum atomic E-state index is 12.4. The van der Waals surface area contributed by atoms with Crippen LogP contribution in [0.4, 0.5) is 5.69 Å². The molecule has 0 radical (unpaired) electrons. The summed E-state index contributed by atoms with van der Waals surface area (Å²) in [5.41, 5.74) is 0.513. The normalized spacial score (nSPS) is 11.6. The molecule has 1 heterocycles. The van der Waals surface area contributed by atoms with Gasteiger partial charge in [-0.05, 0) is 37.3 Å². The first kappa shape index (κ1) is 22.8. The summed E-state index contributed by atoms with van der Waals surface area (Å²) in [7, 11) is 4.97. The zero-order chi connectivity index (χ0) is 22.4. The topological polar surface area (TPSA) is 87.5 Å². The van der Waals surface area contributed by atoms with Gasteiger partial charge in [-0.15, -0.1) is 10.2 Å². The van der Waals surface area contributed by atoms with E-state index < -0.39 is 0 Å². The van der Waals surface area contributed by atoms with Crippen LogP contribution >= 0.6 is 23.4 Å². The second kappa shape index (κ2) is 10.4. The number of nitrogens with zero attached hydrogens (tertiary/aromatic N) is 3. The van der Waals surface area contributed by atoms with Crippen LogP contribution in [0.5, 0.6) is 17.2 Å². The zero-order valence-corrected chi connectivity index (χ0v) is 19.2. The van der Waals surface area contributed by atoms with Crippen LogP contribution < -0.4 is 19.5 Å². The fraction of sp³-hybridized carbons (Fsp3) is 0.286. The lowest BCUT2D eigenvalue weighted by Crippen LogP contribution is -2.15. The van der Waals surface area contributed by atoms with Crippen molar-refractivity contribution in [3.05, 3.63) is 53.3 Å². The number of halogens is 1. The number of ether oxygens (including phenoxy) is 3. The summed E-state index contributed by atoms with van der Waals surface area (Å²) in [6.45, 7) is 1.88. The lowest BCUT2D eigenvalue weighted by molar-refractivity contribution is -0.113. The van der Waals surface area contributed by atoms with E-state index in [4.69, 9.17) is 25.8 Å². The summed E-state index contributed by atoms with van der Waals surface area (Å²) >= 11 is 7.28. The molecule has 0 saturated heterocycles. The quantitative estimate of drug-likeness (QED) is 0.473. The van der Waals surface area contributed by atoms with Crippen LogP contribution in [-0.4, -0.2) is 40.6 Å². The maximum absolute atomic E-state index is 12.4. The van der Waals surface area contributed by atoms with E-state index in [-0.39, 0.29) is 17.8 Å². The summed E-state index contributed by atoms with van der Waals surface area (Å²) in [4.78, 5) is 12.4. The monoisotopic (exact) mass is 462 g/mol. The Morgan fingerprint density at radius 2 is 1.94 bits per heavy atom. The number of hydrogen-bond donors (Lipinski definition) is 1. The first-order valence-corrected chi connectivity index (χ1v) is 10.7. The Balaban J connectivity index is 1.61. The van der Waals surface area contributed by atoms with Crippen molar-refractivity contribution in [1.82, 2.24) is 14.8 Å². The van der Waals surface area contributed by atoms with E-state index in [0.717, 1.165) is 0 Å². The van der Waals surface area contributed by atoms with E-state index in [1.165, 1.54) is 18.9 Å². The van der Waals surface area contributed by atoms with Gasteiger partial charge in [-0.25, -0.2) is 0 Å². The van der Waals surface area contributed by atoms with Gasteiger partial charge < -0.3 is 24.1 Å². The van der Waals surface area contributed by atoms with Crippen molar-refractivity contribution >= 4 is 35.0 Å². The van der Waals surface area contributed by atoms with Gasteiger partial charge in [-0.2, -0.15) is 0 Å². The Bertz CT molecular complexity index is 1060. The Morgan fingerprint density at radius 3 is 2.68 bits per heavy atom. The SMILES string of the molecule is COc1cccc(OC(C)c2nnc(SCC(=O)Nc3cc(Cl)ccc3OC)n2C)c1. The summed E-state index contributed by atoms with van der Waals surface area (Å²) < 4.78 is 18.2. The molecule has 1 N–H and O–H groups in total. The highest BCUT2D eigenvalue weighted by atomic mass is 35.5. The second-order valence-corrected chi connectivity index (χ2v) is 7.90. The standard InChI is InChI=1S/C21H23ClN4O4S/c1-13(30-16-7-5-6-15(11-16)28-3)20-24-25-21(26(20)2)31-12-19(27)23-17-10-14(22)8-9-18(17)29-4/h5-11,13H,12H2,1-4H3,(H,23,27). The largest absolute Gasteiger partial charge is 0.497 e. The third-order valence-electron chi connectivity index (χ3n) is 4.35. The molecule has 2 aromatic carbocycles. The zero-order valence-electron chi connectivity index (χ0n) is 17.6. The van der Waals surface area contributed by atoms with Gasteiger partial charge >= 0.3 is 0 Å². The number of anilines is 1. The van der Waals surface area contributed by atoms with Gasteiger partial charge in [0.25, 0.3) is 0 Å². The molecule has 0 spiro atoms. The number of carbonyl (C=O) groups is 1. The van der Waals surface area contributed by atoms with E-state index in [0.29, 0.717) is 38.9 Å². The molecule has 0 aliphatic heterocycles. The van der Waals surface area contributed by atoms with Crippen molar-refractivity contribution in [2.45, 2.75) is 18.2 Å². The number of aromatic nitrogens is 3. The Kier molecular flexibility index (Phi) is 7.64. The third kappa shape index (κ3) is 5.83. The van der Waals surface area contributed by atoms with Crippen molar-refractivity contribution in [3.8, 4) is 17.2 Å². The van der Waals surface area contributed by atoms with Crippen LogP contribution in [0.25, 0.3) is 0 Å². The van der Waals surface area contributed by atoms with Crippen molar-refractivity contribution < 1.29 is 19.0 Å². The van der Waals surface area contributed by atoms with Crippen LogP contribution in [0.3, 0.4) is 0 Å². The molecule has 1 atom stereocenters. The molecule has 164 valence electrons. The molecule has 3 aromatic rings. The highest BCUT2D eigenvalue weighted by molar-refractivity contribution is 7.99. The van der Waals surface area contributed by atoms with Gasteiger partial charge in [0.2, 0.25) is 5.91 Å². The molecule has 0 aliphatic rings. The Labute approximate surface area is 189 Å². The average molecular weight is 463 g/mol. The molecule has 0 aliphatic carbocycles.